The fourth-order valence-corrected chi connectivity index (χ4v) is 1.63. The molecule has 0 aliphatic rings. The van der Waals surface area contributed by atoms with Gasteiger partial charge in [0.1, 0.15) is 5.82 Å². The fraction of sp³-hybridized carbons (Fsp3) is 0.667. The number of aromatic nitrogens is 2. The molecule has 0 aromatic carbocycles. The molecule has 0 aliphatic heterocycles. The molecule has 0 saturated heterocycles. The summed E-state index contributed by atoms with van der Waals surface area (Å²) in [7, 11) is 0. The number of nitrogens with zero attached hydrogens (tertiary/aromatic N) is 2. The second-order valence-electron chi connectivity index (χ2n) is 4.20. The molecule has 0 bridgehead atoms. The van der Waals surface area contributed by atoms with E-state index < -0.39 is 0 Å². The van der Waals surface area contributed by atoms with Crippen LogP contribution in [-0.2, 0) is 0 Å². The first kappa shape index (κ1) is 12.1. The lowest BCUT2D eigenvalue weighted by Gasteiger charge is -2.21. The third-order valence-corrected chi connectivity index (χ3v) is 2.40. The van der Waals surface area contributed by atoms with Gasteiger partial charge in [-0.2, -0.15) is 0 Å². The van der Waals surface area contributed by atoms with Crippen LogP contribution in [0, 0.1) is 12.8 Å². The third kappa shape index (κ3) is 3.59. The summed E-state index contributed by atoms with van der Waals surface area (Å²) >= 11 is 0. The largest absolute Gasteiger partial charge is 0.308 e. The van der Waals surface area contributed by atoms with Gasteiger partial charge in [-0.15, -0.1) is 0 Å². The SMILES string of the molecule is CCCNC(c1ccnc(C)n1)C(C)C. The highest BCUT2D eigenvalue weighted by Gasteiger charge is 2.15. The Morgan fingerprint density at radius 2 is 2.13 bits per heavy atom. The molecule has 1 unspecified atom stereocenters. The van der Waals surface area contributed by atoms with E-state index in [9.17, 15) is 0 Å². The maximum absolute atomic E-state index is 4.47. The van der Waals surface area contributed by atoms with Gasteiger partial charge in [-0.05, 0) is 31.9 Å². The number of hydrogen-bond donors (Lipinski definition) is 1. The number of hydrogen-bond acceptors (Lipinski definition) is 3. The van der Waals surface area contributed by atoms with Crippen molar-refractivity contribution >= 4 is 0 Å². The fourth-order valence-electron chi connectivity index (χ4n) is 1.63. The summed E-state index contributed by atoms with van der Waals surface area (Å²) in [5, 5.41) is 3.52. The maximum Gasteiger partial charge on any atom is 0.125 e. The summed E-state index contributed by atoms with van der Waals surface area (Å²) in [6.07, 6.45) is 2.98. The highest BCUT2D eigenvalue weighted by Crippen LogP contribution is 2.19. The Hall–Kier alpha value is -0.960. The Morgan fingerprint density at radius 3 is 2.67 bits per heavy atom. The summed E-state index contributed by atoms with van der Waals surface area (Å²) < 4.78 is 0. The van der Waals surface area contributed by atoms with Gasteiger partial charge in [0.25, 0.3) is 0 Å². The molecule has 1 atom stereocenters. The minimum Gasteiger partial charge on any atom is -0.308 e. The second kappa shape index (κ2) is 5.81. The van der Waals surface area contributed by atoms with Crippen LogP contribution >= 0.6 is 0 Å². The summed E-state index contributed by atoms with van der Waals surface area (Å²) in [5.74, 6) is 1.39. The third-order valence-electron chi connectivity index (χ3n) is 2.40. The highest BCUT2D eigenvalue weighted by atomic mass is 15.0. The lowest BCUT2D eigenvalue weighted by atomic mass is 10.0. The van der Waals surface area contributed by atoms with Gasteiger partial charge in [0, 0.05) is 6.20 Å². The Bertz CT molecular complexity index is 297. The number of nitrogens with one attached hydrogen (secondary N) is 1. The van der Waals surface area contributed by atoms with E-state index in [1.165, 1.54) is 0 Å². The lowest BCUT2D eigenvalue weighted by molar-refractivity contribution is 0.403. The van der Waals surface area contributed by atoms with Crippen molar-refractivity contribution in [3.05, 3.63) is 23.8 Å². The van der Waals surface area contributed by atoms with Crippen molar-refractivity contribution in [2.24, 2.45) is 5.92 Å². The van der Waals surface area contributed by atoms with E-state index in [0.29, 0.717) is 12.0 Å². The molecule has 1 aromatic heterocycles. The number of aryl methyl sites for hydroxylation is 1. The Morgan fingerprint density at radius 1 is 1.40 bits per heavy atom. The molecule has 3 nitrogen and oxygen atoms in total. The number of rotatable bonds is 5. The standard InChI is InChI=1S/C12H21N3/c1-5-7-14-12(9(2)3)11-6-8-13-10(4)15-11/h6,8-9,12,14H,5,7H2,1-4H3. The van der Waals surface area contributed by atoms with Crippen molar-refractivity contribution in [2.75, 3.05) is 6.54 Å². The van der Waals surface area contributed by atoms with Crippen LogP contribution in [0.15, 0.2) is 12.3 Å². The van der Waals surface area contributed by atoms with Gasteiger partial charge in [0.15, 0.2) is 0 Å². The van der Waals surface area contributed by atoms with Gasteiger partial charge in [0.05, 0.1) is 11.7 Å². The quantitative estimate of drug-likeness (QED) is 0.806. The molecule has 1 heterocycles. The van der Waals surface area contributed by atoms with Crippen molar-refractivity contribution in [2.45, 2.75) is 40.2 Å². The van der Waals surface area contributed by atoms with Crippen LogP contribution < -0.4 is 5.32 Å². The smallest absolute Gasteiger partial charge is 0.125 e. The molecule has 3 heteroatoms. The summed E-state index contributed by atoms with van der Waals surface area (Å²) in [6, 6.07) is 2.34. The monoisotopic (exact) mass is 207 g/mol. The second-order valence-corrected chi connectivity index (χ2v) is 4.20. The van der Waals surface area contributed by atoms with Crippen LogP contribution in [-0.4, -0.2) is 16.5 Å². The van der Waals surface area contributed by atoms with Crippen LogP contribution in [0.1, 0.15) is 44.8 Å². The van der Waals surface area contributed by atoms with Crippen molar-refractivity contribution in [1.29, 1.82) is 0 Å². The average molecular weight is 207 g/mol. The van der Waals surface area contributed by atoms with Crippen molar-refractivity contribution in [1.82, 2.24) is 15.3 Å². The topological polar surface area (TPSA) is 37.8 Å². The molecule has 0 saturated carbocycles. The molecular weight excluding hydrogens is 186 g/mol. The Kier molecular flexibility index (Phi) is 4.69. The van der Waals surface area contributed by atoms with E-state index in [2.05, 4.69) is 36.1 Å². The van der Waals surface area contributed by atoms with Crippen molar-refractivity contribution in [3.8, 4) is 0 Å². The van der Waals surface area contributed by atoms with Crippen molar-refractivity contribution in [3.63, 3.8) is 0 Å². The molecule has 1 N–H and O–H groups in total. The summed E-state index contributed by atoms with van der Waals surface area (Å²) in [5.41, 5.74) is 1.10. The van der Waals surface area contributed by atoms with Gasteiger partial charge >= 0.3 is 0 Å². The van der Waals surface area contributed by atoms with Crippen LogP contribution in [0.3, 0.4) is 0 Å². The van der Waals surface area contributed by atoms with Crippen LogP contribution in [0.4, 0.5) is 0 Å². The minimum absolute atomic E-state index is 0.339. The van der Waals surface area contributed by atoms with E-state index in [1.54, 1.807) is 0 Å². The van der Waals surface area contributed by atoms with E-state index >= 15 is 0 Å². The van der Waals surface area contributed by atoms with E-state index in [1.807, 2.05) is 19.2 Å². The molecule has 1 aromatic rings. The molecule has 0 spiro atoms. The lowest BCUT2D eigenvalue weighted by Crippen LogP contribution is -2.27. The zero-order valence-corrected chi connectivity index (χ0v) is 10.1. The molecule has 0 amide bonds. The molecule has 0 aliphatic carbocycles. The molecule has 84 valence electrons. The summed E-state index contributed by atoms with van der Waals surface area (Å²) in [6.45, 7) is 9.57. The van der Waals surface area contributed by atoms with E-state index in [-0.39, 0.29) is 0 Å². The van der Waals surface area contributed by atoms with Gasteiger partial charge < -0.3 is 5.32 Å². The molecule has 15 heavy (non-hydrogen) atoms. The van der Waals surface area contributed by atoms with Crippen molar-refractivity contribution < 1.29 is 0 Å². The molecular formula is C12H21N3. The maximum atomic E-state index is 4.47. The predicted molar refractivity (Wildman–Crippen MR) is 62.6 cm³/mol. The van der Waals surface area contributed by atoms with Gasteiger partial charge in [-0.25, -0.2) is 9.97 Å². The van der Waals surface area contributed by atoms with E-state index in [0.717, 1.165) is 24.5 Å². The highest BCUT2D eigenvalue weighted by molar-refractivity contribution is 5.08. The van der Waals surface area contributed by atoms with Gasteiger partial charge in [0.2, 0.25) is 0 Å². The Balaban J connectivity index is 2.79. The first-order valence-electron chi connectivity index (χ1n) is 5.68. The van der Waals surface area contributed by atoms with Crippen LogP contribution in [0.2, 0.25) is 0 Å². The predicted octanol–water partition coefficient (Wildman–Crippen LogP) is 2.48. The molecule has 0 radical (unpaired) electrons. The normalized spacial score (nSPS) is 13.1. The van der Waals surface area contributed by atoms with Crippen LogP contribution in [0.25, 0.3) is 0 Å². The summed E-state index contributed by atoms with van der Waals surface area (Å²) in [4.78, 5) is 8.60. The van der Waals surface area contributed by atoms with Gasteiger partial charge in [-0.3, -0.25) is 0 Å². The first-order chi connectivity index (χ1) is 7.15. The zero-order chi connectivity index (χ0) is 11.3. The van der Waals surface area contributed by atoms with Crippen LogP contribution in [0.5, 0.6) is 0 Å². The average Bonchev–Trinajstić information content (AvgIpc) is 2.18. The zero-order valence-electron chi connectivity index (χ0n) is 10.1. The van der Waals surface area contributed by atoms with Gasteiger partial charge in [-0.1, -0.05) is 20.8 Å². The Labute approximate surface area is 92.3 Å². The first-order valence-corrected chi connectivity index (χ1v) is 5.68. The van der Waals surface area contributed by atoms with E-state index in [4.69, 9.17) is 0 Å². The molecule has 0 fully saturated rings. The molecule has 1 rings (SSSR count). The minimum atomic E-state index is 0.339.